The number of methoxy groups -OCH3 is 1. The lowest BCUT2D eigenvalue weighted by Gasteiger charge is -2.20. The highest BCUT2D eigenvalue weighted by atomic mass is 35.5. The molecule has 0 saturated heterocycles. The molecule has 0 aliphatic heterocycles. The molecule has 1 aromatic heterocycles. The number of carbonyl (C=O) groups excluding carboxylic acids is 1. The fourth-order valence-corrected chi connectivity index (χ4v) is 4.24. The Labute approximate surface area is 198 Å². The summed E-state index contributed by atoms with van der Waals surface area (Å²) in [5.41, 5.74) is 5.55. The maximum atomic E-state index is 12.3. The van der Waals surface area contributed by atoms with Gasteiger partial charge in [0.2, 0.25) is 0 Å². The lowest BCUT2D eigenvalue weighted by Crippen LogP contribution is -2.12. The van der Waals surface area contributed by atoms with Gasteiger partial charge in [-0.3, -0.25) is 0 Å². The van der Waals surface area contributed by atoms with Crippen LogP contribution in [0.1, 0.15) is 45.1 Å². The smallest absolute Gasteiger partial charge is 0.338 e. The van der Waals surface area contributed by atoms with Gasteiger partial charge in [-0.15, -0.1) is 0 Å². The zero-order valence-corrected chi connectivity index (χ0v) is 19.0. The standard InChI is InChI=1S/C28H24ClNO3/c1-18(26-13-11-19-10-12-22(29)17-27(19)30-26)20-6-5-7-21(16-20)23(14-15-31)24-8-3-4-9-25(24)28(32)33-2/h3-13,16-17,23,31H,1,14-15H2,2H3. The van der Waals surface area contributed by atoms with Crippen LogP contribution in [0.15, 0.2) is 85.4 Å². The van der Waals surface area contributed by atoms with E-state index in [1.807, 2.05) is 72.8 Å². The Balaban J connectivity index is 1.73. The molecule has 0 bridgehead atoms. The van der Waals surface area contributed by atoms with Crippen LogP contribution in [0.3, 0.4) is 0 Å². The second-order valence-corrected chi connectivity index (χ2v) is 8.22. The van der Waals surface area contributed by atoms with E-state index in [0.29, 0.717) is 17.0 Å². The Morgan fingerprint density at radius 2 is 1.85 bits per heavy atom. The van der Waals surface area contributed by atoms with E-state index in [1.54, 1.807) is 6.07 Å². The van der Waals surface area contributed by atoms with E-state index >= 15 is 0 Å². The highest BCUT2D eigenvalue weighted by Crippen LogP contribution is 2.33. The number of esters is 1. The molecular weight excluding hydrogens is 434 g/mol. The van der Waals surface area contributed by atoms with Crippen molar-refractivity contribution in [2.45, 2.75) is 12.3 Å². The van der Waals surface area contributed by atoms with Crippen molar-refractivity contribution in [1.29, 1.82) is 0 Å². The lowest BCUT2D eigenvalue weighted by molar-refractivity contribution is 0.0599. The van der Waals surface area contributed by atoms with Crippen LogP contribution in [0.4, 0.5) is 0 Å². The van der Waals surface area contributed by atoms with E-state index in [9.17, 15) is 9.90 Å². The summed E-state index contributed by atoms with van der Waals surface area (Å²) < 4.78 is 4.97. The van der Waals surface area contributed by atoms with Crippen LogP contribution in [0.25, 0.3) is 16.5 Å². The topological polar surface area (TPSA) is 59.4 Å². The summed E-state index contributed by atoms with van der Waals surface area (Å²) in [6.07, 6.45) is 0.469. The predicted octanol–water partition coefficient (Wildman–Crippen LogP) is 6.25. The molecule has 0 saturated carbocycles. The van der Waals surface area contributed by atoms with Gasteiger partial charge in [0.05, 0.1) is 23.9 Å². The van der Waals surface area contributed by atoms with Crippen LogP contribution in [0, 0.1) is 0 Å². The number of aromatic nitrogens is 1. The number of halogens is 1. The number of aliphatic hydroxyl groups excluding tert-OH is 1. The molecule has 33 heavy (non-hydrogen) atoms. The molecule has 0 aliphatic rings. The van der Waals surface area contributed by atoms with Gasteiger partial charge in [0.1, 0.15) is 0 Å². The third-order valence-electron chi connectivity index (χ3n) is 5.76. The van der Waals surface area contributed by atoms with Gasteiger partial charge in [-0.2, -0.15) is 0 Å². The molecule has 4 aromatic rings. The van der Waals surface area contributed by atoms with Crippen LogP contribution >= 0.6 is 11.6 Å². The summed E-state index contributed by atoms with van der Waals surface area (Å²) in [5.74, 6) is -0.574. The van der Waals surface area contributed by atoms with Gasteiger partial charge < -0.3 is 9.84 Å². The van der Waals surface area contributed by atoms with Crippen molar-refractivity contribution in [3.8, 4) is 0 Å². The summed E-state index contributed by atoms with van der Waals surface area (Å²) in [6, 6.07) is 24.9. The molecule has 0 amide bonds. The Hall–Kier alpha value is -3.47. The zero-order chi connectivity index (χ0) is 23.4. The van der Waals surface area contributed by atoms with Crippen molar-refractivity contribution < 1.29 is 14.6 Å². The first-order valence-corrected chi connectivity index (χ1v) is 11.0. The number of nitrogens with zero attached hydrogens (tertiary/aromatic N) is 1. The van der Waals surface area contributed by atoms with Crippen LogP contribution in [-0.4, -0.2) is 29.8 Å². The van der Waals surface area contributed by atoms with Gasteiger partial charge in [0, 0.05) is 28.5 Å². The van der Waals surface area contributed by atoms with Gasteiger partial charge in [-0.25, -0.2) is 9.78 Å². The highest BCUT2D eigenvalue weighted by Gasteiger charge is 2.21. The first-order valence-electron chi connectivity index (χ1n) is 10.7. The van der Waals surface area contributed by atoms with E-state index in [-0.39, 0.29) is 12.5 Å². The molecule has 0 spiro atoms. The number of benzene rings is 3. The number of fused-ring (bicyclic) bond motifs is 1. The average Bonchev–Trinajstić information content (AvgIpc) is 2.86. The molecule has 1 unspecified atom stereocenters. The molecule has 1 atom stereocenters. The fraction of sp³-hybridized carbons (Fsp3) is 0.143. The molecule has 4 rings (SSSR count). The van der Waals surface area contributed by atoms with Crippen LogP contribution in [0.5, 0.6) is 0 Å². The van der Waals surface area contributed by atoms with Crippen molar-refractivity contribution in [2.24, 2.45) is 0 Å². The minimum absolute atomic E-state index is 0.0155. The lowest BCUT2D eigenvalue weighted by atomic mass is 9.84. The van der Waals surface area contributed by atoms with E-state index in [1.165, 1.54) is 7.11 Å². The zero-order valence-electron chi connectivity index (χ0n) is 18.3. The average molecular weight is 458 g/mol. The number of carbonyl (C=O) groups is 1. The first kappa shape index (κ1) is 22.7. The van der Waals surface area contributed by atoms with Gasteiger partial charge in [0.25, 0.3) is 0 Å². The quantitative estimate of drug-likeness (QED) is 0.333. The molecular formula is C28H24ClNO3. The van der Waals surface area contributed by atoms with Crippen molar-refractivity contribution in [3.63, 3.8) is 0 Å². The molecule has 1 N–H and O–H groups in total. The Morgan fingerprint density at radius 3 is 2.64 bits per heavy atom. The first-order chi connectivity index (χ1) is 16.0. The summed E-state index contributed by atoms with van der Waals surface area (Å²) in [6.45, 7) is 4.27. The van der Waals surface area contributed by atoms with Gasteiger partial charge in [-0.1, -0.05) is 72.8 Å². The fourth-order valence-electron chi connectivity index (χ4n) is 4.08. The molecule has 166 valence electrons. The van der Waals surface area contributed by atoms with E-state index < -0.39 is 5.97 Å². The number of hydrogen-bond acceptors (Lipinski definition) is 4. The Bertz CT molecular complexity index is 1330. The third kappa shape index (κ3) is 4.82. The number of hydrogen-bond donors (Lipinski definition) is 1. The SMILES string of the molecule is C=C(c1cccc(C(CCO)c2ccccc2C(=O)OC)c1)c1ccc2ccc(Cl)cc2n1. The molecule has 5 heteroatoms. The largest absolute Gasteiger partial charge is 0.465 e. The van der Waals surface area contributed by atoms with E-state index in [0.717, 1.165) is 38.9 Å². The molecule has 0 fully saturated rings. The summed E-state index contributed by atoms with van der Waals surface area (Å²) >= 11 is 6.14. The summed E-state index contributed by atoms with van der Waals surface area (Å²) in [7, 11) is 1.37. The minimum Gasteiger partial charge on any atom is -0.465 e. The third-order valence-corrected chi connectivity index (χ3v) is 6.00. The molecule has 3 aromatic carbocycles. The second kappa shape index (κ2) is 9.99. The molecule has 0 radical (unpaired) electrons. The Morgan fingerprint density at radius 1 is 1.06 bits per heavy atom. The summed E-state index contributed by atoms with van der Waals surface area (Å²) in [4.78, 5) is 17.1. The van der Waals surface area contributed by atoms with Crippen molar-refractivity contribution in [3.05, 3.63) is 118 Å². The van der Waals surface area contributed by atoms with Crippen molar-refractivity contribution in [2.75, 3.05) is 13.7 Å². The van der Waals surface area contributed by atoms with Crippen LogP contribution < -0.4 is 0 Å². The van der Waals surface area contributed by atoms with Gasteiger partial charge in [-0.05, 0) is 47.4 Å². The minimum atomic E-state index is -0.395. The molecule has 0 aliphatic carbocycles. The van der Waals surface area contributed by atoms with Gasteiger partial charge in [0.15, 0.2) is 0 Å². The van der Waals surface area contributed by atoms with E-state index in [2.05, 4.69) is 6.58 Å². The summed E-state index contributed by atoms with van der Waals surface area (Å²) in [5, 5.41) is 11.4. The normalized spacial score (nSPS) is 11.8. The van der Waals surface area contributed by atoms with Crippen molar-refractivity contribution >= 4 is 34.0 Å². The maximum absolute atomic E-state index is 12.3. The van der Waals surface area contributed by atoms with E-state index in [4.69, 9.17) is 21.3 Å². The highest BCUT2D eigenvalue weighted by molar-refractivity contribution is 6.31. The monoisotopic (exact) mass is 457 g/mol. The number of ether oxygens (including phenoxy) is 1. The molecule has 1 heterocycles. The molecule has 4 nitrogen and oxygen atoms in total. The second-order valence-electron chi connectivity index (χ2n) is 7.78. The van der Waals surface area contributed by atoms with Crippen LogP contribution in [0.2, 0.25) is 5.02 Å². The van der Waals surface area contributed by atoms with Gasteiger partial charge >= 0.3 is 5.97 Å². The Kier molecular flexibility index (Phi) is 6.87. The predicted molar refractivity (Wildman–Crippen MR) is 133 cm³/mol. The maximum Gasteiger partial charge on any atom is 0.338 e. The number of pyridine rings is 1. The number of aliphatic hydroxyl groups is 1. The van der Waals surface area contributed by atoms with Crippen molar-refractivity contribution in [1.82, 2.24) is 4.98 Å². The number of rotatable bonds is 7. The van der Waals surface area contributed by atoms with Crippen LogP contribution in [-0.2, 0) is 4.74 Å².